The van der Waals surface area contributed by atoms with Crippen molar-refractivity contribution in [2.24, 2.45) is 0 Å². The van der Waals surface area contributed by atoms with E-state index in [1.54, 1.807) is 25.3 Å². The van der Waals surface area contributed by atoms with Crippen molar-refractivity contribution in [3.05, 3.63) is 53.9 Å². The van der Waals surface area contributed by atoms with E-state index < -0.39 is 0 Å². The van der Waals surface area contributed by atoms with Gasteiger partial charge >= 0.3 is 0 Å². The molecule has 0 aliphatic carbocycles. The van der Waals surface area contributed by atoms with E-state index in [1.807, 2.05) is 35.7 Å². The maximum Gasteiger partial charge on any atom is 0.262 e. The van der Waals surface area contributed by atoms with Crippen molar-refractivity contribution in [3.8, 4) is 22.8 Å². The fraction of sp³-hybridized carbons (Fsp3) is 0.111. The van der Waals surface area contributed by atoms with Crippen LogP contribution in [-0.4, -0.2) is 24.6 Å². The molecule has 0 radical (unpaired) electrons. The molecule has 0 saturated carbocycles. The number of rotatable bonds is 6. The zero-order chi connectivity index (χ0) is 17.6. The number of aromatic nitrogens is 1. The van der Waals surface area contributed by atoms with E-state index in [1.165, 1.54) is 11.3 Å². The molecule has 1 heterocycles. The van der Waals surface area contributed by atoms with Crippen LogP contribution in [0.1, 0.15) is 0 Å². The molecule has 0 saturated heterocycles. The average Bonchev–Trinajstić information content (AvgIpc) is 3.07. The zero-order valence-electron chi connectivity index (χ0n) is 13.6. The number of amides is 1. The van der Waals surface area contributed by atoms with Gasteiger partial charge in [-0.3, -0.25) is 4.79 Å². The van der Waals surface area contributed by atoms with Crippen molar-refractivity contribution < 1.29 is 14.3 Å². The van der Waals surface area contributed by atoms with E-state index in [2.05, 4.69) is 10.3 Å². The summed E-state index contributed by atoms with van der Waals surface area (Å²) in [5, 5.41) is 5.15. The molecule has 3 N–H and O–H groups in total. The predicted octanol–water partition coefficient (Wildman–Crippen LogP) is 3.42. The molecular weight excluding hydrogens is 338 g/mol. The van der Waals surface area contributed by atoms with E-state index in [0.29, 0.717) is 22.3 Å². The molecule has 1 aromatic heterocycles. The van der Waals surface area contributed by atoms with Gasteiger partial charge in [-0.15, -0.1) is 11.3 Å². The number of para-hydroxylation sites is 2. The first-order chi connectivity index (χ1) is 12.2. The van der Waals surface area contributed by atoms with Crippen LogP contribution in [0.3, 0.4) is 0 Å². The smallest absolute Gasteiger partial charge is 0.262 e. The Morgan fingerprint density at radius 1 is 1.24 bits per heavy atom. The van der Waals surface area contributed by atoms with Crippen molar-refractivity contribution in [1.82, 2.24) is 4.98 Å². The first kappa shape index (κ1) is 16.8. The standard InChI is InChI=1S/C18H17N3O3S/c1-23-16-8-3-2-7-14(16)20-17(22)10-24-13-6-4-5-12(9-13)15-11-25-18(19)21-15/h2-9,11H,10H2,1H3,(H2,19,21)(H,20,22). The second-order valence-corrected chi connectivity index (χ2v) is 6.03. The summed E-state index contributed by atoms with van der Waals surface area (Å²) in [6, 6.07) is 14.6. The highest BCUT2D eigenvalue weighted by Gasteiger charge is 2.09. The highest BCUT2D eigenvalue weighted by atomic mass is 32.1. The normalized spacial score (nSPS) is 10.3. The van der Waals surface area contributed by atoms with Crippen LogP contribution in [0.5, 0.6) is 11.5 Å². The molecule has 128 valence electrons. The number of anilines is 2. The molecular formula is C18H17N3O3S. The van der Waals surface area contributed by atoms with Gasteiger partial charge in [-0.2, -0.15) is 0 Å². The lowest BCUT2D eigenvalue weighted by atomic mass is 10.2. The van der Waals surface area contributed by atoms with Gasteiger partial charge in [0, 0.05) is 10.9 Å². The largest absolute Gasteiger partial charge is 0.495 e. The number of nitrogens with two attached hydrogens (primary N) is 1. The fourth-order valence-electron chi connectivity index (χ4n) is 2.25. The second kappa shape index (κ2) is 7.67. The number of nitrogen functional groups attached to an aromatic ring is 1. The van der Waals surface area contributed by atoms with E-state index in [9.17, 15) is 4.79 Å². The second-order valence-electron chi connectivity index (χ2n) is 5.14. The molecule has 0 unspecified atom stereocenters. The quantitative estimate of drug-likeness (QED) is 0.707. The summed E-state index contributed by atoms with van der Waals surface area (Å²) in [5.74, 6) is 0.908. The van der Waals surface area contributed by atoms with Crippen LogP contribution in [0.2, 0.25) is 0 Å². The maximum atomic E-state index is 12.1. The summed E-state index contributed by atoms with van der Waals surface area (Å²) >= 11 is 1.38. The number of thiazole rings is 1. The number of hydrogen-bond acceptors (Lipinski definition) is 6. The van der Waals surface area contributed by atoms with Crippen LogP contribution >= 0.6 is 11.3 Å². The van der Waals surface area contributed by atoms with Crippen LogP contribution < -0.4 is 20.5 Å². The highest BCUT2D eigenvalue weighted by molar-refractivity contribution is 7.13. The third kappa shape index (κ3) is 4.27. The number of hydrogen-bond donors (Lipinski definition) is 2. The third-order valence-electron chi connectivity index (χ3n) is 3.40. The van der Waals surface area contributed by atoms with Crippen LogP contribution in [0.25, 0.3) is 11.3 Å². The fourth-order valence-corrected chi connectivity index (χ4v) is 2.82. The summed E-state index contributed by atoms with van der Waals surface area (Å²) < 4.78 is 10.8. The summed E-state index contributed by atoms with van der Waals surface area (Å²) in [4.78, 5) is 16.3. The first-order valence-corrected chi connectivity index (χ1v) is 8.41. The SMILES string of the molecule is COc1ccccc1NC(=O)COc1cccc(-c2csc(N)n2)c1. The Hall–Kier alpha value is -3.06. The predicted molar refractivity (Wildman–Crippen MR) is 99.1 cm³/mol. The van der Waals surface area contributed by atoms with Crippen molar-refractivity contribution >= 4 is 28.1 Å². The zero-order valence-corrected chi connectivity index (χ0v) is 14.4. The van der Waals surface area contributed by atoms with Gasteiger partial charge in [0.15, 0.2) is 11.7 Å². The number of carbonyl (C=O) groups is 1. The van der Waals surface area contributed by atoms with Crippen LogP contribution in [-0.2, 0) is 4.79 Å². The summed E-state index contributed by atoms with van der Waals surface area (Å²) in [6.07, 6.45) is 0. The van der Waals surface area contributed by atoms with Gasteiger partial charge in [-0.25, -0.2) is 4.98 Å². The number of nitrogens with one attached hydrogen (secondary N) is 1. The molecule has 6 nitrogen and oxygen atoms in total. The molecule has 0 aliphatic rings. The van der Waals surface area contributed by atoms with Gasteiger partial charge in [0.1, 0.15) is 11.5 Å². The minimum absolute atomic E-state index is 0.110. The third-order valence-corrected chi connectivity index (χ3v) is 4.08. The lowest BCUT2D eigenvalue weighted by Crippen LogP contribution is -2.20. The first-order valence-electron chi connectivity index (χ1n) is 7.53. The van der Waals surface area contributed by atoms with Crippen molar-refractivity contribution in [2.45, 2.75) is 0 Å². The van der Waals surface area contributed by atoms with Gasteiger partial charge in [-0.1, -0.05) is 24.3 Å². The molecule has 0 aliphatic heterocycles. The molecule has 0 fully saturated rings. The highest BCUT2D eigenvalue weighted by Crippen LogP contribution is 2.26. The molecule has 3 rings (SSSR count). The summed E-state index contributed by atoms with van der Waals surface area (Å²) in [5.41, 5.74) is 7.93. The Morgan fingerprint density at radius 3 is 2.84 bits per heavy atom. The van der Waals surface area contributed by atoms with E-state index in [0.717, 1.165) is 11.3 Å². The Morgan fingerprint density at radius 2 is 2.08 bits per heavy atom. The lowest BCUT2D eigenvalue weighted by molar-refractivity contribution is -0.118. The van der Waals surface area contributed by atoms with Gasteiger partial charge < -0.3 is 20.5 Å². The number of carbonyl (C=O) groups excluding carboxylic acids is 1. The van der Waals surface area contributed by atoms with E-state index >= 15 is 0 Å². The summed E-state index contributed by atoms with van der Waals surface area (Å²) in [6.45, 7) is -0.110. The van der Waals surface area contributed by atoms with E-state index in [-0.39, 0.29) is 12.5 Å². The molecule has 0 bridgehead atoms. The number of benzene rings is 2. The molecule has 3 aromatic rings. The maximum absolute atomic E-state index is 12.1. The van der Waals surface area contributed by atoms with Crippen molar-refractivity contribution in [1.29, 1.82) is 0 Å². The van der Waals surface area contributed by atoms with Gasteiger partial charge in [-0.05, 0) is 24.3 Å². The number of ether oxygens (including phenoxy) is 2. The minimum atomic E-state index is -0.271. The molecule has 1 amide bonds. The van der Waals surface area contributed by atoms with Crippen LogP contribution in [0.4, 0.5) is 10.8 Å². The van der Waals surface area contributed by atoms with Crippen molar-refractivity contribution in [3.63, 3.8) is 0 Å². The minimum Gasteiger partial charge on any atom is -0.495 e. The van der Waals surface area contributed by atoms with Gasteiger partial charge in [0.25, 0.3) is 5.91 Å². The van der Waals surface area contributed by atoms with Crippen LogP contribution in [0.15, 0.2) is 53.9 Å². The molecule has 0 spiro atoms. The lowest BCUT2D eigenvalue weighted by Gasteiger charge is -2.11. The Balaban J connectivity index is 1.62. The topological polar surface area (TPSA) is 86.5 Å². The van der Waals surface area contributed by atoms with E-state index in [4.69, 9.17) is 15.2 Å². The van der Waals surface area contributed by atoms with Gasteiger partial charge in [0.2, 0.25) is 0 Å². The van der Waals surface area contributed by atoms with Gasteiger partial charge in [0.05, 0.1) is 18.5 Å². The average molecular weight is 355 g/mol. The Labute approximate surface area is 149 Å². The summed E-state index contributed by atoms with van der Waals surface area (Å²) in [7, 11) is 1.55. The Kier molecular flexibility index (Phi) is 5.15. The Bertz CT molecular complexity index is 879. The number of nitrogens with zero attached hydrogens (tertiary/aromatic N) is 1. The molecule has 25 heavy (non-hydrogen) atoms. The van der Waals surface area contributed by atoms with Crippen LogP contribution in [0, 0.1) is 0 Å². The number of methoxy groups -OCH3 is 1. The molecule has 2 aromatic carbocycles. The molecule has 0 atom stereocenters. The molecule has 7 heteroatoms. The monoisotopic (exact) mass is 355 g/mol. The van der Waals surface area contributed by atoms with Crippen molar-refractivity contribution in [2.75, 3.05) is 24.8 Å².